The summed E-state index contributed by atoms with van der Waals surface area (Å²) >= 11 is 15.0. The molecule has 3 rings (SSSR count). The minimum absolute atomic E-state index is 0.126. The fraction of sp³-hybridized carbons (Fsp3) is 0. The summed E-state index contributed by atoms with van der Waals surface area (Å²) in [7, 11) is 0. The van der Waals surface area contributed by atoms with Crippen LogP contribution in [0.2, 0.25) is 10.0 Å². The van der Waals surface area contributed by atoms with Gasteiger partial charge in [-0.05, 0) is 12.1 Å². The summed E-state index contributed by atoms with van der Waals surface area (Å²) in [4.78, 5) is 15.3. The number of aromatic nitrogens is 1. The van der Waals surface area contributed by atoms with Crippen LogP contribution in [0.5, 0.6) is 0 Å². The van der Waals surface area contributed by atoms with Gasteiger partial charge in [0.15, 0.2) is 4.34 Å². The van der Waals surface area contributed by atoms with Crippen LogP contribution in [0.3, 0.4) is 0 Å². The third-order valence-electron chi connectivity index (χ3n) is 2.66. The molecule has 2 aromatic carbocycles. The second-order valence-corrected chi connectivity index (χ2v) is 7.15. The van der Waals surface area contributed by atoms with Crippen molar-refractivity contribution in [3.8, 4) is 0 Å². The van der Waals surface area contributed by atoms with Gasteiger partial charge in [-0.15, -0.1) is 11.3 Å². The van der Waals surface area contributed by atoms with Crippen molar-refractivity contribution in [2.75, 3.05) is 0 Å². The Hall–Kier alpha value is -1.34. The topological polar surface area (TPSA) is 56.0 Å². The molecule has 0 bridgehead atoms. The lowest BCUT2D eigenvalue weighted by atomic mass is 10.3. The van der Waals surface area contributed by atoms with Crippen LogP contribution in [0.1, 0.15) is 0 Å². The van der Waals surface area contributed by atoms with Crippen LogP contribution in [-0.4, -0.2) is 9.91 Å². The highest BCUT2D eigenvalue weighted by Gasteiger charge is 2.17. The normalized spacial score (nSPS) is 11.0. The van der Waals surface area contributed by atoms with Gasteiger partial charge in [-0.1, -0.05) is 47.1 Å². The number of hydrogen-bond acceptors (Lipinski definition) is 5. The summed E-state index contributed by atoms with van der Waals surface area (Å²) in [5.74, 6) is 0. The summed E-state index contributed by atoms with van der Waals surface area (Å²) in [6, 6.07) is 10.4. The zero-order valence-corrected chi connectivity index (χ0v) is 13.4. The van der Waals surface area contributed by atoms with Gasteiger partial charge in [0.05, 0.1) is 30.1 Å². The molecule has 106 valence electrons. The molecular formula is C13H6Cl2N2O2S2. The molecule has 0 unspecified atom stereocenters. The molecule has 0 saturated heterocycles. The summed E-state index contributed by atoms with van der Waals surface area (Å²) in [6.07, 6.45) is 0. The molecule has 0 fully saturated rings. The summed E-state index contributed by atoms with van der Waals surface area (Å²) in [5, 5.41) is 11.3. The summed E-state index contributed by atoms with van der Waals surface area (Å²) in [5.41, 5.74) is 0.776. The largest absolute Gasteiger partial charge is 0.272 e. The standard InChI is InChI=1S/C13H6Cl2N2O2S2/c14-8-5-7(17(18)19)6-9(15)12(8)21-13-16-10-3-1-2-4-11(10)20-13/h1-6H. The van der Waals surface area contributed by atoms with Crippen molar-refractivity contribution >= 4 is 62.2 Å². The van der Waals surface area contributed by atoms with E-state index < -0.39 is 4.92 Å². The van der Waals surface area contributed by atoms with Crippen LogP contribution < -0.4 is 0 Å². The zero-order valence-electron chi connectivity index (χ0n) is 10.2. The molecule has 21 heavy (non-hydrogen) atoms. The summed E-state index contributed by atoms with van der Waals surface area (Å²) in [6.45, 7) is 0. The molecule has 1 aromatic heterocycles. The Morgan fingerprint density at radius 2 is 1.86 bits per heavy atom. The molecule has 0 amide bonds. The minimum atomic E-state index is -0.524. The highest BCUT2D eigenvalue weighted by molar-refractivity contribution is 8.01. The molecule has 0 aliphatic carbocycles. The third kappa shape index (κ3) is 2.98. The van der Waals surface area contributed by atoms with E-state index in [0.29, 0.717) is 4.90 Å². The first-order valence-electron chi connectivity index (χ1n) is 5.71. The average molecular weight is 357 g/mol. The Morgan fingerprint density at radius 3 is 2.48 bits per heavy atom. The van der Waals surface area contributed by atoms with Crippen molar-refractivity contribution in [1.82, 2.24) is 4.98 Å². The van der Waals surface area contributed by atoms with Crippen molar-refractivity contribution in [3.63, 3.8) is 0 Å². The average Bonchev–Trinajstić information content (AvgIpc) is 2.85. The number of non-ortho nitro benzene ring substituents is 1. The fourth-order valence-corrected chi connectivity index (χ4v) is 4.45. The van der Waals surface area contributed by atoms with Gasteiger partial charge in [0.1, 0.15) is 0 Å². The number of nitro groups is 1. The first-order chi connectivity index (χ1) is 10.0. The lowest BCUT2D eigenvalue weighted by Gasteiger charge is -2.04. The Morgan fingerprint density at radius 1 is 1.19 bits per heavy atom. The number of thiazole rings is 1. The molecule has 3 aromatic rings. The van der Waals surface area contributed by atoms with Gasteiger partial charge in [0, 0.05) is 12.1 Å². The Labute approximate surface area is 137 Å². The number of para-hydroxylation sites is 1. The molecule has 0 N–H and O–H groups in total. The van der Waals surface area contributed by atoms with Crippen LogP contribution in [0, 0.1) is 10.1 Å². The van der Waals surface area contributed by atoms with Crippen LogP contribution in [0.25, 0.3) is 10.2 Å². The molecule has 0 spiro atoms. The maximum absolute atomic E-state index is 10.8. The van der Waals surface area contributed by atoms with Crippen LogP contribution in [0.15, 0.2) is 45.6 Å². The van der Waals surface area contributed by atoms with Gasteiger partial charge in [0.2, 0.25) is 0 Å². The molecule has 1 heterocycles. The fourth-order valence-electron chi connectivity index (χ4n) is 1.73. The number of halogens is 2. The van der Waals surface area contributed by atoms with E-state index in [1.54, 1.807) is 0 Å². The number of hydrogen-bond donors (Lipinski definition) is 0. The number of rotatable bonds is 3. The van der Waals surface area contributed by atoms with Crippen molar-refractivity contribution in [2.24, 2.45) is 0 Å². The molecular weight excluding hydrogens is 351 g/mol. The van der Waals surface area contributed by atoms with E-state index in [1.165, 1.54) is 35.2 Å². The Kier molecular flexibility index (Phi) is 4.03. The quantitative estimate of drug-likeness (QED) is 0.448. The SMILES string of the molecule is O=[N+]([O-])c1cc(Cl)c(Sc2nc3ccccc3s2)c(Cl)c1. The van der Waals surface area contributed by atoms with E-state index in [2.05, 4.69) is 4.98 Å². The van der Waals surface area contributed by atoms with Gasteiger partial charge >= 0.3 is 0 Å². The van der Waals surface area contributed by atoms with E-state index in [4.69, 9.17) is 23.2 Å². The van der Waals surface area contributed by atoms with Crippen LogP contribution in [-0.2, 0) is 0 Å². The van der Waals surface area contributed by atoms with E-state index >= 15 is 0 Å². The van der Waals surface area contributed by atoms with Gasteiger partial charge in [-0.25, -0.2) is 4.98 Å². The number of nitro benzene ring substituents is 1. The predicted molar refractivity (Wildman–Crippen MR) is 86.9 cm³/mol. The maximum atomic E-state index is 10.8. The molecule has 0 aliphatic heterocycles. The third-order valence-corrected chi connectivity index (χ3v) is 5.72. The summed E-state index contributed by atoms with van der Waals surface area (Å²) < 4.78 is 1.85. The van der Waals surface area contributed by atoms with E-state index in [0.717, 1.165) is 14.6 Å². The molecule has 0 radical (unpaired) electrons. The molecule has 0 aliphatic rings. The first kappa shape index (κ1) is 14.6. The molecule has 4 nitrogen and oxygen atoms in total. The van der Waals surface area contributed by atoms with Gasteiger partial charge in [-0.2, -0.15) is 0 Å². The van der Waals surface area contributed by atoms with Gasteiger partial charge < -0.3 is 0 Å². The van der Waals surface area contributed by atoms with Crippen LogP contribution >= 0.6 is 46.3 Å². The zero-order chi connectivity index (χ0) is 15.0. The van der Waals surface area contributed by atoms with Crippen molar-refractivity contribution in [3.05, 3.63) is 56.6 Å². The molecule has 0 saturated carbocycles. The number of fused-ring (bicyclic) bond motifs is 1. The molecule has 0 atom stereocenters. The smallest absolute Gasteiger partial charge is 0.258 e. The van der Waals surface area contributed by atoms with Crippen molar-refractivity contribution < 1.29 is 4.92 Å². The van der Waals surface area contributed by atoms with E-state index in [9.17, 15) is 10.1 Å². The first-order valence-corrected chi connectivity index (χ1v) is 8.10. The second-order valence-electron chi connectivity index (χ2n) is 4.05. The van der Waals surface area contributed by atoms with Crippen molar-refractivity contribution in [1.29, 1.82) is 0 Å². The van der Waals surface area contributed by atoms with E-state index in [-0.39, 0.29) is 15.7 Å². The maximum Gasteiger partial charge on any atom is 0.272 e. The number of benzene rings is 2. The van der Waals surface area contributed by atoms with E-state index in [1.807, 2.05) is 24.3 Å². The molecule has 8 heteroatoms. The Balaban J connectivity index is 1.99. The van der Waals surface area contributed by atoms with Crippen molar-refractivity contribution in [2.45, 2.75) is 9.24 Å². The highest BCUT2D eigenvalue weighted by atomic mass is 35.5. The van der Waals surface area contributed by atoms with Crippen LogP contribution in [0.4, 0.5) is 5.69 Å². The predicted octanol–water partition coefficient (Wildman–Crippen LogP) is 5.66. The lowest BCUT2D eigenvalue weighted by molar-refractivity contribution is -0.384. The second kappa shape index (κ2) is 5.81. The number of nitrogens with zero attached hydrogens (tertiary/aromatic N) is 2. The lowest BCUT2D eigenvalue weighted by Crippen LogP contribution is -1.89. The highest BCUT2D eigenvalue weighted by Crippen LogP contribution is 2.43. The minimum Gasteiger partial charge on any atom is -0.258 e. The van der Waals surface area contributed by atoms with Gasteiger partial charge in [0.25, 0.3) is 5.69 Å². The Bertz CT molecular complexity index is 795. The monoisotopic (exact) mass is 356 g/mol. The van der Waals surface area contributed by atoms with Gasteiger partial charge in [-0.3, -0.25) is 10.1 Å².